The molecule has 6 nitrogen and oxygen atoms in total. The van der Waals surface area contributed by atoms with Crippen molar-refractivity contribution in [3.8, 4) is 10.4 Å². The molecule has 0 N–H and O–H groups in total. The third kappa shape index (κ3) is 4.82. The van der Waals surface area contributed by atoms with Crippen LogP contribution in [0.4, 0.5) is 4.79 Å². The zero-order valence-electron chi connectivity index (χ0n) is 15.9. The number of benzene rings is 1. The maximum absolute atomic E-state index is 12.2. The fraction of sp³-hybridized carbons (Fsp3) is 0.421. The second-order valence-electron chi connectivity index (χ2n) is 6.90. The Morgan fingerprint density at radius 1 is 1.19 bits per heavy atom. The van der Waals surface area contributed by atoms with E-state index in [1.165, 1.54) is 23.3 Å². The Bertz CT molecular complexity index is 778. The van der Waals surface area contributed by atoms with Crippen LogP contribution in [0.3, 0.4) is 0 Å². The highest BCUT2D eigenvalue weighted by Gasteiger charge is 2.25. The first-order chi connectivity index (χ1) is 12.1. The van der Waals surface area contributed by atoms with Crippen LogP contribution in [0, 0.1) is 0 Å². The second-order valence-corrected chi connectivity index (χ2v) is 7.96. The predicted octanol–water partition coefficient (Wildman–Crippen LogP) is 4.52. The van der Waals surface area contributed by atoms with Crippen LogP contribution < -0.4 is 0 Å². The molecule has 0 aliphatic carbocycles. The molecule has 0 saturated carbocycles. The van der Waals surface area contributed by atoms with Gasteiger partial charge in [0.25, 0.3) is 0 Å². The third-order valence-corrected chi connectivity index (χ3v) is 4.95. The Morgan fingerprint density at radius 3 is 2.35 bits per heavy atom. The van der Waals surface area contributed by atoms with Gasteiger partial charge in [0.2, 0.25) is 0 Å². The van der Waals surface area contributed by atoms with E-state index in [2.05, 4.69) is 4.98 Å². The van der Waals surface area contributed by atoms with Crippen LogP contribution in [0.25, 0.3) is 10.4 Å². The molecule has 0 aliphatic rings. The number of aromatic nitrogens is 1. The van der Waals surface area contributed by atoms with Gasteiger partial charge in [-0.25, -0.2) is 14.6 Å². The monoisotopic (exact) mass is 376 g/mol. The third-order valence-electron chi connectivity index (χ3n) is 3.73. The van der Waals surface area contributed by atoms with Crippen LogP contribution in [0.5, 0.6) is 0 Å². The van der Waals surface area contributed by atoms with Gasteiger partial charge in [-0.3, -0.25) is 0 Å². The van der Waals surface area contributed by atoms with Crippen molar-refractivity contribution in [1.29, 1.82) is 0 Å². The number of rotatable bonds is 4. The first-order valence-corrected chi connectivity index (χ1v) is 9.04. The second kappa shape index (κ2) is 7.86. The average molecular weight is 376 g/mol. The van der Waals surface area contributed by atoms with Gasteiger partial charge >= 0.3 is 12.1 Å². The Balaban J connectivity index is 2.13. The van der Waals surface area contributed by atoms with E-state index in [1.807, 2.05) is 39.8 Å². The zero-order chi connectivity index (χ0) is 19.5. The summed E-state index contributed by atoms with van der Waals surface area (Å²) in [6.45, 7) is 7.42. The smallest absolute Gasteiger partial charge is 0.410 e. The number of esters is 1. The molecule has 1 unspecified atom stereocenters. The topological polar surface area (TPSA) is 68.7 Å². The van der Waals surface area contributed by atoms with Crippen LogP contribution in [0.15, 0.2) is 30.5 Å². The van der Waals surface area contributed by atoms with Gasteiger partial charge in [-0.15, -0.1) is 11.3 Å². The normalized spacial score (nSPS) is 12.4. The lowest BCUT2D eigenvalue weighted by molar-refractivity contribution is 0.0233. The highest BCUT2D eigenvalue weighted by atomic mass is 32.1. The summed E-state index contributed by atoms with van der Waals surface area (Å²) in [7, 11) is 3.05. The number of hydrogen-bond donors (Lipinski definition) is 0. The molecule has 1 heterocycles. The number of carbonyl (C=O) groups is 2. The van der Waals surface area contributed by atoms with Gasteiger partial charge in [0.05, 0.1) is 23.6 Å². The lowest BCUT2D eigenvalue weighted by atomic mass is 10.1. The van der Waals surface area contributed by atoms with Gasteiger partial charge in [0.1, 0.15) is 10.6 Å². The molecule has 0 bridgehead atoms. The van der Waals surface area contributed by atoms with Crippen LogP contribution >= 0.6 is 11.3 Å². The standard InChI is InChI=1S/C19H24N2O4S/c1-12(21(5)18(23)25-19(2,3)4)16-20-11-15(26-16)13-7-9-14(10-8-13)17(22)24-6/h7-12H,1-6H3. The molecular formula is C19H24N2O4S. The molecule has 1 amide bonds. The molecule has 2 aromatic rings. The van der Waals surface area contributed by atoms with E-state index in [0.29, 0.717) is 5.56 Å². The SMILES string of the molecule is COC(=O)c1ccc(-c2cnc(C(C)N(C)C(=O)OC(C)(C)C)s2)cc1. The van der Waals surface area contributed by atoms with Crippen molar-refractivity contribution in [3.63, 3.8) is 0 Å². The molecule has 140 valence electrons. The van der Waals surface area contributed by atoms with Gasteiger partial charge < -0.3 is 14.4 Å². The van der Waals surface area contributed by atoms with Crippen molar-refractivity contribution in [2.75, 3.05) is 14.2 Å². The summed E-state index contributed by atoms with van der Waals surface area (Å²) in [4.78, 5) is 30.7. The summed E-state index contributed by atoms with van der Waals surface area (Å²) in [5.41, 5.74) is 0.910. The first kappa shape index (κ1) is 19.9. The lowest BCUT2D eigenvalue weighted by Gasteiger charge is -2.27. The quantitative estimate of drug-likeness (QED) is 0.734. The Morgan fingerprint density at radius 2 is 1.81 bits per heavy atom. The van der Waals surface area contributed by atoms with E-state index < -0.39 is 5.60 Å². The molecule has 0 fully saturated rings. The molecule has 0 radical (unpaired) electrons. The van der Waals surface area contributed by atoms with E-state index >= 15 is 0 Å². The molecule has 0 saturated heterocycles. The fourth-order valence-corrected chi connectivity index (χ4v) is 3.18. The van der Waals surface area contributed by atoms with E-state index in [-0.39, 0.29) is 18.1 Å². The number of hydrogen-bond acceptors (Lipinski definition) is 6. The van der Waals surface area contributed by atoms with Gasteiger partial charge in [0, 0.05) is 13.2 Å². The largest absolute Gasteiger partial charge is 0.465 e. The molecule has 7 heteroatoms. The highest BCUT2D eigenvalue weighted by molar-refractivity contribution is 7.15. The molecule has 1 aromatic heterocycles. The molecule has 0 spiro atoms. The van der Waals surface area contributed by atoms with Crippen molar-refractivity contribution < 1.29 is 19.1 Å². The van der Waals surface area contributed by atoms with Gasteiger partial charge in [-0.2, -0.15) is 0 Å². The van der Waals surface area contributed by atoms with Gasteiger partial charge in [-0.1, -0.05) is 12.1 Å². The zero-order valence-corrected chi connectivity index (χ0v) is 16.7. The first-order valence-electron chi connectivity index (χ1n) is 8.22. The van der Waals surface area contributed by atoms with Crippen LogP contribution in [0.1, 0.15) is 49.1 Å². The Kier molecular flexibility index (Phi) is 6.02. The molecule has 0 aliphatic heterocycles. The predicted molar refractivity (Wildman–Crippen MR) is 101 cm³/mol. The molecule has 1 aromatic carbocycles. The van der Waals surface area contributed by atoms with E-state index in [0.717, 1.165) is 15.4 Å². The number of carbonyl (C=O) groups excluding carboxylic acids is 2. The van der Waals surface area contributed by atoms with E-state index in [1.54, 1.807) is 25.4 Å². The molecule has 1 atom stereocenters. The van der Waals surface area contributed by atoms with E-state index in [9.17, 15) is 9.59 Å². The molecular weight excluding hydrogens is 352 g/mol. The summed E-state index contributed by atoms with van der Waals surface area (Å²) >= 11 is 1.50. The maximum Gasteiger partial charge on any atom is 0.410 e. The number of amides is 1. The van der Waals surface area contributed by atoms with Gasteiger partial charge in [0.15, 0.2) is 0 Å². The minimum atomic E-state index is -0.541. The number of ether oxygens (including phenoxy) is 2. The highest BCUT2D eigenvalue weighted by Crippen LogP contribution is 2.31. The van der Waals surface area contributed by atoms with Gasteiger partial charge in [-0.05, 0) is 45.4 Å². The minimum Gasteiger partial charge on any atom is -0.465 e. The number of methoxy groups -OCH3 is 1. The van der Waals surface area contributed by atoms with E-state index in [4.69, 9.17) is 9.47 Å². The van der Waals surface area contributed by atoms with Crippen molar-refractivity contribution in [2.45, 2.75) is 39.3 Å². The number of nitrogens with zero attached hydrogens (tertiary/aromatic N) is 2. The fourth-order valence-electron chi connectivity index (χ4n) is 2.16. The minimum absolute atomic E-state index is 0.210. The summed E-state index contributed by atoms with van der Waals surface area (Å²) in [5, 5.41) is 0.811. The van der Waals surface area contributed by atoms with Crippen molar-refractivity contribution in [1.82, 2.24) is 9.88 Å². The Labute approximate surface area is 157 Å². The average Bonchev–Trinajstić information content (AvgIpc) is 3.08. The van der Waals surface area contributed by atoms with Crippen molar-refractivity contribution in [3.05, 3.63) is 41.0 Å². The van der Waals surface area contributed by atoms with Crippen LogP contribution in [-0.2, 0) is 9.47 Å². The lowest BCUT2D eigenvalue weighted by Crippen LogP contribution is -2.35. The summed E-state index contributed by atoms with van der Waals surface area (Å²) < 4.78 is 10.1. The molecule has 2 rings (SSSR count). The summed E-state index contributed by atoms with van der Waals surface area (Å²) in [5.74, 6) is -0.367. The Hall–Kier alpha value is -2.41. The van der Waals surface area contributed by atoms with Crippen LogP contribution in [-0.4, -0.2) is 41.7 Å². The van der Waals surface area contributed by atoms with Crippen molar-refractivity contribution in [2.24, 2.45) is 0 Å². The molecule has 26 heavy (non-hydrogen) atoms. The van der Waals surface area contributed by atoms with Crippen molar-refractivity contribution >= 4 is 23.4 Å². The summed E-state index contributed by atoms with van der Waals surface area (Å²) in [6.07, 6.45) is 1.39. The maximum atomic E-state index is 12.2. The van der Waals surface area contributed by atoms with Crippen LogP contribution in [0.2, 0.25) is 0 Å². The summed E-state index contributed by atoms with van der Waals surface area (Å²) in [6, 6.07) is 6.93. The number of thiazole rings is 1.